The maximum absolute atomic E-state index is 12.6. The van der Waals surface area contributed by atoms with Crippen LogP contribution in [0.2, 0.25) is 5.02 Å². The quantitative estimate of drug-likeness (QED) is 0.585. The van der Waals surface area contributed by atoms with Crippen molar-refractivity contribution in [3.05, 3.63) is 52.4 Å². The van der Waals surface area contributed by atoms with Crippen molar-refractivity contribution in [1.29, 1.82) is 0 Å². The van der Waals surface area contributed by atoms with E-state index >= 15 is 0 Å². The normalized spacial score (nSPS) is 10.7. The van der Waals surface area contributed by atoms with Crippen LogP contribution in [0.1, 0.15) is 9.67 Å². The minimum absolute atomic E-state index is 0.247. The van der Waals surface area contributed by atoms with Crippen molar-refractivity contribution in [1.82, 2.24) is 0 Å². The molecule has 0 fully saturated rings. The molecule has 5 nitrogen and oxygen atoms in total. The molecule has 0 radical (unpaired) electrons. The number of benzene rings is 2. The van der Waals surface area contributed by atoms with Crippen LogP contribution >= 0.6 is 22.9 Å². The van der Waals surface area contributed by atoms with Crippen molar-refractivity contribution in [3.63, 3.8) is 0 Å². The lowest BCUT2D eigenvalue weighted by molar-refractivity contribution is 0.103. The number of methoxy groups -OCH3 is 2. The largest absolute Gasteiger partial charge is 0.497 e. The molecule has 3 aromatic rings. The maximum Gasteiger partial charge on any atom is 0.267 e. The molecular weight excluding hydrogens is 374 g/mol. The van der Waals surface area contributed by atoms with E-state index in [9.17, 15) is 4.79 Å². The lowest BCUT2D eigenvalue weighted by Gasteiger charge is -2.07. The van der Waals surface area contributed by atoms with E-state index in [0.717, 1.165) is 15.8 Å². The van der Waals surface area contributed by atoms with E-state index in [4.69, 9.17) is 25.8 Å². The molecule has 0 bridgehead atoms. The van der Waals surface area contributed by atoms with Gasteiger partial charge in [0.25, 0.3) is 5.91 Å². The molecule has 0 unspecified atom stereocenters. The van der Waals surface area contributed by atoms with E-state index < -0.39 is 0 Å². The highest BCUT2D eigenvalue weighted by molar-refractivity contribution is 7.21. The second kappa shape index (κ2) is 8.40. The topological polar surface area (TPSA) is 56.8 Å². The number of amides is 1. The standard InChI is InChI=1S/C19H18ClNO4S/c1-23-9-10-25-13-5-3-12(4-6-13)21-19(22)18-17(20)15-8-7-14(24-2)11-16(15)26-18/h3-8,11H,9-10H2,1-2H3,(H,21,22). The molecule has 1 N–H and O–H groups in total. The maximum atomic E-state index is 12.6. The molecule has 3 rings (SSSR count). The van der Waals surface area contributed by atoms with Gasteiger partial charge in [-0.25, -0.2) is 0 Å². The van der Waals surface area contributed by atoms with Gasteiger partial charge in [0.2, 0.25) is 0 Å². The molecule has 0 spiro atoms. The summed E-state index contributed by atoms with van der Waals surface area (Å²) in [7, 11) is 3.23. The number of rotatable bonds is 7. The third-order valence-electron chi connectivity index (χ3n) is 3.71. The molecule has 0 aliphatic heterocycles. The summed E-state index contributed by atoms with van der Waals surface area (Å²) in [5, 5.41) is 4.14. The molecule has 1 amide bonds. The molecule has 136 valence electrons. The number of carbonyl (C=O) groups excluding carboxylic acids is 1. The minimum Gasteiger partial charge on any atom is -0.497 e. The van der Waals surface area contributed by atoms with Gasteiger partial charge in [0.05, 0.1) is 18.7 Å². The molecule has 2 aromatic carbocycles. The Morgan fingerprint density at radius 3 is 2.50 bits per heavy atom. The molecule has 1 aromatic heterocycles. The van der Waals surface area contributed by atoms with Gasteiger partial charge in [0.15, 0.2) is 0 Å². The Balaban J connectivity index is 1.73. The van der Waals surface area contributed by atoms with Crippen LogP contribution in [0.25, 0.3) is 10.1 Å². The van der Waals surface area contributed by atoms with Crippen LogP contribution in [-0.2, 0) is 4.74 Å². The Morgan fingerprint density at radius 1 is 1.08 bits per heavy atom. The fourth-order valence-corrected chi connectivity index (χ4v) is 3.82. The second-order valence-corrected chi connectivity index (χ2v) is 6.86. The summed E-state index contributed by atoms with van der Waals surface area (Å²) in [4.78, 5) is 13.1. The molecule has 0 saturated carbocycles. The van der Waals surface area contributed by atoms with Crippen LogP contribution in [0.5, 0.6) is 11.5 Å². The first-order valence-electron chi connectivity index (χ1n) is 7.91. The molecule has 1 heterocycles. The van der Waals surface area contributed by atoms with Crippen LogP contribution in [0, 0.1) is 0 Å². The van der Waals surface area contributed by atoms with Gasteiger partial charge < -0.3 is 19.5 Å². The monoisotopic (exact) mass is 391 g/mol. The zero-order chi connectivity index (χ0) is 18.5. The average molecular weight is 392 g/mol. The number of nitrogens with one attached hydrogen (secondary N) is 1. The number of fused-ring (bicyclic) bond motifs is 1. The van der Waals surface area contributed by atoms with Gasteiger partial charge in [-0.05, 0) is 42.5 Å². The lowest BCUT2D eigenvalue weighted by Crippen LogP contribution is -2.10. The Bertz CT molecular complexity index is 908. The van der Waals surface area contributed by atoms with Crippen LogP contribution in [0.4, 0.5) is 5.69 Å². The smallest absolute Gasteiger partial charge is 0.267 e. The van der Waals surface area contributed by atoms with Crippen LogP contribution in [0.15, 0.2) is 42.5 Å². The predicted molar refractivity (Wildman–Crippen MR) is 105 cm³/mol. The van der Waals surface area contributed by atoms with Crippen molar-refractivity contribution in [2.45, 2.75) is 0 Å². The summed E-state index contributed by atoms with van der Waals surface area (Å²) in [5.41, 5.74) is 0.667. The van der Waals surface area contributed by atoms with Gasteiger partial charge in [-0.1, -0.05) is 11.6 Å². The number of anilines is 1. The summed E-state index contributed by atoms with van der Waals surface area (Å²) in [6.07, 6.45) is 0. The fraction of sp³-hybridized carbons (Fsp3) is 0.211. The number of thiophene rings is 1. The fourth-order valence-electron chi connectivity index (χ4n) is 2.38. The van der Waals surface area contributed by atoms with Gasteiger partial charge in [0.1, 0.15) is 23.0 Å². The van der Waals surface area contributed by atoms with Crippen molar-refractivity contribution >= 4 is 44.6 Å². The number of hydrogen-bond acceptors (Lipinski definition) is 5. The lowest BCUT2D eigenvalue weighted by atomic mass is 10.2. The predicted octanol–water partition coefficient (Wildman–Crippen LogP) is 4.84. The van der Waals surface area contributed by atoms with Gasteiger partial charge in [-0.2, -0.15) is 0 Å². The Kier molecular flexibility index (Phi) is 5.98. The van der Waals surface area contributed by atoms with Gasteiger partial charge in [0, 0.05) is 22.9 Å². The van der Waals surface area contributed by atoms with Crippen molar-refractivity contribution in [3.8, 4) is 11.5 Å². The zero-order valence-corrected chi connectivity index (χ0v) is 15.9. The molecule has 7 heteroatoms. The molecule has 0 aliphatic rings. The van der Waals surface area contributed by atoms with Crippen molar-refractivity contribution in [2.75, 3.05) is 32.8 Å². The van der Waals surface area contributed by atoms with E-state index in [2.05, 4.69) is 5.32 Å². The molecule has 0 aliphatic carbocycles. The van der Waals surface area contributed by atoms with Crippen molar-refractivity contribution < 1.29 is 19.0 Å². The molecule has 0 saturated heterocycles. The molecular formula is C19H18ClNO4S. The van der Waals surface area contributed by atoms with Gasteiger partial charge in [-0.3, -0.25) is 4.79 Å². The average Bonchev–Trinajstić information content (AvgIpc) is 2.99. The number of halogens is 1. The summed E-state index contributed by atoms with van der Waals surface area (Å²) < 4.78 is 16.6. The van der Waals surface area contributed by atoms with Gasteiger partial charge >= 0.3 is 0 Å². The highest BCUT2D eigenvalue weighted by atomic mass is 35.5. The van der Waals surface area contributed by atoms with E-state index in [1.54, 1.807) is 38.5 Å². The second-order valence-electron chi connectivity index (χ2n) is 5.43. The first kappa shape index (κ1) is 18.5. The highest BCUT2D eigenvalue weighted by Gasteiger charge is 2.17. The highest BCUT2D eigenvalue weighted by Crippen LogP contribution is 2.37. The summed E-state index contributed by atoms with van der Waals surface area (Å²) in [6.45, 7) is 0.997. The van der Waals surface area contributed by atoms with Crippen molar-refractivity contribution in [2.24, 2.45) is 0 Å². The third kappa shape index (κ3) is 4.09. The number of carbonyl (C=O) groups is 1. The first-order chi connectivity index (χ1) is 12.6. The Hall–Kier alpha value is -2.28. The summed E-state index contributed by atoms with van der Waals surface area (Å²) >= 11 is 7.72. The van der Waals surface area contributed by atoms with Crippen LogP contribution in [-0.4, -0.2) is 33.3 Å². The van der Waals surface area contributed by atoms with E-state index in [-0.39, 0.29) is 5.91 Å². The van der Waals surface area contributed by atoms with E-state index in [1.807, 2.05) is 18.2 Å². The molecule has 0 atom stereocenters. The third-order valence-corrected chi connectivity index (χ3v) is 5.37. The first-order valence-corrected chi connectivity index (χ1v) is 9.11. The SMILES string of the molecule is COCCOc1ccc(NC(=O)c2sc3cc(OC)ccc3c2Cl)cc1. The number of hydrogen-bond donors (Lipinski definition) is 1. The molecule has 26 heavy (non-hydrogen) atoms. The van der Waals surface area contributed by atoms with E-state index in [0.29, 0.717) is 34.6 Å². The minimum atomic E-state index is -0.247. The van der Waals surface area contributed by atoms with E-state index in [1.165, 1.54) is 11.3 Å². The van der Waals surface area contributed by atoms with Gasteiger partial charge in [-0.15, -0.1) is 11.3 Å². The number of ether oxygens (including phenoxy) is 3. The Labute approximate surface area is 160 Å². The summed E-state index contributed by atoms with van der Waals surface area (Å²) in [5.74, 6) is 1.20. The van der Waals surface area contributed by atoms with Crippen LogP contribution in [0.3, 0.4) is 0 Å². The van der Waals surface area contributed by atoms with Crippen LogP contribution < -0.4 is 14.8 Å². The Morgan fingerprint density at radius 2 is 1.81 bits per heavy atom. The summed E-state index contributed by atoms with van der Waals surface area (Å²) in [6, 6.07) is 12.7. The zero-order valence-electron chi connectivity index (χ0n) is 14.4.